The first-order valence-electron chi connectivity index (χ1n) is 20.7. The number of fused-ring (bicyclic) bond motifs is 7. The van der Waals surface area contributed by atoms with Gasteiger partial charge in [-0.1, -0.05) is 176 Å². The normalized spacial score (nSPS) is 11.6. The summed E-state index contributed by atoms with van der Waals surface area (Å²) in [6.07, 6.45) is 0. The Morgan fingerprint density at radius 2 is 0.951 bits per heavy atom. The molecule has 0 spiro atoms. The number of hydrogen-bond acceptors (Lipinski definition) is 3. The SMILES string of the molecule is c1cc(-c2ccccc2-c2cccc3ccccc23)cc(N(c2ccc(-c3cccc4c3oc3ccccc34)cc2)c2ccccc2-c2cccc3sc4ccccc4c23)c1. The summed E-state index contributed by atoms with van der Waals surface area (Å²) in [5.41, 5.74) is 14.4. The summed E-state index contributed by atoms with van der Waals surface area (Å²) < 4.78 is 9.08. The van der Waals surface area contributed by atoms with Crippen LogP contribution in [-0.2, 0) is 0 Å². The highest BCUT2D eigenvalue weighted by molar-refractivity contribution is 7.25. The summed E-state index contributed by atoms with van der Waals surface area (Å²) >= 11 is 1.86. The molecule has 2 heterocycles. The zero-order valence-corrected chi connectivity index (χ0v) is 33.9. The van der Waals surface area contributed by atoms with Gasteiger partial charge in [0.15, 0.2) is 0 Å². The molecule has 0 amide bonds. The fourth-order valence-corrected chi connectivity index (χ4v) is 10.5. The van der Waals surface area contributed by atoms with Crippen LogP contribution < -0.4 is 4.90 Å². The summed E-state index contributed by atoms with van der Waals surface area (Å²) in [6.45, 7) is 0. The lowest BCUT2D eigenvalue weighted by molar-refractivity contribution is 0.670. The van der Waals surface area contributed by atoms with Gasteiger partial charge in [-0.15, -0.1) is 11.3 Å². The van der Waals surface area contributed by atoms with E-state index in [-0.39, 0.29) is 0 Å². The van der Waals surface area contributed by atoms with Crippen LogP contribution in [0.5, 0.6) is 0 Å². The second-order valence-electron chi connectivity index (χ2n) is 15.6. The van der Waals surface area contributed by atoms with E-state index in [2.05, 4.69) is 217 Å². The van der Waals surface area contributed by atoms with Crippen LogP contribution >= 0.6 is 11.3 Å². The van der Waals surface area contributed by atoms with E-state index < -0.39 is 0 Å². The van der Waals surface area contributed by atoms with E-state index >= 15 is 0 Å². The zero-order chi connectivity index (χ0) is 40.3. The van der Waals surface area contributed by atoms with E-state index in [1.807, 2.05) is 23.5 Å². The summed E-state index contributed by atoms with van der Waals surface area (Å²) in [7, 11) is 0. The van der Waals surface area contributed by atoms with Crippen molar-refractivity contribution in [3.8, 4) is 44.5 Å². The Labute approximate surface area is 357 Å². The van der Waals surface area contributed by atoms with Gasteiger partial charge in [-0.3, -0.25) is 0 Å². The van der Waals surface area contributed by atoms with E-state index in [0.717, 1.165) is 55.7 Å². The van der Waals surface area contributed by atoms with Crippen LogP contribution in [-0.4, -0.2) is 0 Å². The molecular weight excluding hydrogens is 759 g/mol. The molecule has 0 N–H and O–H groups in total. The number of furan rings is 1. The number of benzene rings is 10. The van der Waals surface area contributed by atoms with Crippen LogP contribution in [0.25, 0.3) is 97.4 Å². The van der Waals surface area contributed by atoms with Crippen LogP contribution in [0.2, 0.25) is 0 Å². The topological polar surface area (TPSA) is 16.4 Å². The van der Waals surface area contributed by atoms with Crippen molar-refractivity contribution in [3.63, 3.8) is 0 Å². The smallest absolute Gasteiger partial charge is 0.143 e. The van der Waals surface area contributed by atoms with Crippen LogP contribution in [0.4, 0.5) is 17.1 Å². The van der Waals surface area contributed by atoms with E-state index in [4.69, 9.17) is 4.42 Å². The fraction of sp³-hybridized carbons (Fsp3) is 0. The van der Waals surface area contributed by atoms with Crippen molar-refractivity contribution in [2.24, 2.45) is 0 Å². The average Bonchev–Trinajstić information content (AvgIpc) is 3.91. The van der Waals surface area contributed by atoms with Gasteiger partial charge in [-0.2, -0.15) is 0 Å². The summed E-state index contributed by atoms with van der Waals surface area (Å²) in [4.78, 5) is 2.43. The van der Waals surface area contributed by atoms with Gasteiger partial charge >= 0.3 is 0 Å². The van der Waals surface area contributed by atoms with E-state index in [0.29, 0.717) is 0 Å². The molecule has 10 aromatic carbocycles. The number of anilines is 3. The molecule has 12 aromatic rings. The van der Waals surface area contributed by atoms with Crippen molar-refractivity contribution in [2.75, 3.05) is 4.90 Å². The molecule has 0 saturated heterocycles. The lowest BCUT2D eigenvalue weighted by Crippen LogP contribution is -2.11. The van der Waals surface area contributed by atoms with Crippen molar-refractivity contribution in [1.29, 1.82) is 0 Å². The molecular formula is C58H37NOS. The standard InChI is InChI=1S/C58H37NOS/c1-2-19-43-38(15-1)16-12-26-47(43)46-21-4-3-20-44(46)40-17-11-18-42(37-40)59(41-35-33-39(34-36-41)45-25-13-28-51-49-23-6-9-30-54(49)60-58(45)51)53-29-8-5-22-48(53)50-27-14-32-56-57(50)52-24-7-10-31-55(52)61-56/h1-37H. The van der Waals surface area contributed by atoms with Crippen molar-refractivity contribution in [3.05, 3.63) is 224 Å². The summed E-state index contributed by atoms with van der Waals surface area (Å²) in [5, 5.41) is 7.33. The molecule has 0 aliphatic carbocycles. The third-order valence-corrected chi connectivity index (χ3v) is 13.2. The van der Waals surface area contributed by atoms with Crippen molar-refractivity contribution in [1.82, 2.24) is 0 Å². The Hall–Kier alpha value is -7.72. The predicted molar refractivity (Wildman–Crippen MR) is 261 cm³/mol. The second-order valence-corrected chi connectivity index (χ2v) is 16.7. The molecule has 3 heteroatoms. The van der Waals surface area contributed by atoms with Gasteiger partial charge in [0, 0.05) is 53.4 Å². The third-order valence-electron chi connectivity index (χ3n) is 12.1. The average molecular weight is 796 g/mol. The van der Waals surface area contributed by atoms with Gasteiger partial charge in [0.05, 0.1) is 5.69 Å². The zero-order valence-electron chi connectivity index (χ0n) is 33.1. The molecule has 2 aromatic heterocycles. The molecule has 0 aliphatic heterocycles. The minimum atomic E-state index is 0.902. The minimum absolute atomic E-state index is 0.902. The van der Waals surface area contributed by atoms with Gasteiger partial charge in [-0.25, -0.2) is 0 Å². The third kappa shape index (κ3) is 5.93. The molecule has 0 bridgehead atoms. The number of hydrogen-bond donors (Lipinski definition) is 0. The van der Waals surface area contributed by atoms with Gasteiger partial charge < -0.3 is 9.32 Å². The molecule has 0 saturated carbocycles. The molecule has 0 atom stereocenters. The van der Waals surface area contributed by atoms with E-state index in [9.17, 15) is 0 Å². The Morgan fingerprint density at radius 3 is 1.85 bits per heavy atom. The number of nitrogens with zero attached hydrogens (tertiary/aromatic N) is 1. The molecule has 12 rings (SSSR count). The molecule has 0 aliphatic rings. The van der Waals surface area contributed by atoms with E-state index in [1.54, 1.807) is 0 Å². The molecule has 0 fully saturated rings. The van der Waals surface area contributed by atoms with E-state index in [1.165, 1.54) is 58.8 Å². The maximum Gasteiger partial charge on any atom is 0.143 e. The quantitative estimate of drug-likeness (QED) is 0.160. The Balaban J connectivity index is 1.05. The molecule has 0 radical (unpaired) electrons. The highest BCUT2D eigenvalue weighted by atomic mass is 32.1. The highest BCUT2D eigenvalue weighted by Gasteiger charge is 2.21. The predicted octanol–water partition coefficient (Wildman–Crippen LogP) is 17.2. The van der Waals surface area contributed by atoms with Gasteiger partial charge in [-0.05, 0) is 92.7 Å². The Bertz CT molecular complexity index is 3610. The maximum absolute atomic E-state index is 6.49. The van der Waals surface area contributed by atoms with Gasteiger partial charge in [0.2, 0.25) is 0 Å². The lowest BCUT2D eigenvalue weighted by Gasteiger charge is -2.29. The fourth-order valence-electron chi connectivity index (χ4n) is 9.33. The second kappa shape index (κ2) is 14.5. The Kier molecular flexibility index (Phi) is 8.39. The van der Waals surface area contributed by atoms with Crippen molar-refractivity contribution >= 4 is 81.3 Å². The first kappa shape index (κ1) is 35.2. The first-order chi connectivity index (χ1) is 30.3. The summed E-state index contributed by atoms with van der Waals surface area (Å²) in [5.74, 6) is 0. The summed E-state index contributed by atoms with van der Waals surface area (Å²) in [6, 6.07) is 81.2. The largest absolute Gasteiger partial charge is 0.455 e. The number of rotatable bonds is 7. The number of para-hydroxylation sites is 3. The van der Waals surface area contributed by atoms with Gasteiger partial charge in [0.1, 0.15) is 11.2 Å². The molecule has 0 unspecified atom stereocenters. The maximum atomic E-state index is 6.49. The Morgan fingerprint density at radius 1 is 0.344 bits per heavy atom. The van der Waals surface area contributed by atoms with Crippen LogP contribution in [0.1, 0.15) is 0 Å². The van der Waals surface area contributed by atoms with Gasteiger partial charge in [0.25, 0.3) is 0 Å². The molecule has 286 valence electrons. The monoisotopic (exact) mass is 795 g/mol. The minimum Gasteiger partial charge on any atom is -0.455 e. The molecule has 2 nitrogen and oxygen atoms in total. The molecule has 61 heavy (non-hydrogen) atoms. The van der Waals surface area contributed by atoms with Crippen LogP contribution in [0.3, 0.4) is 0 Å². The van der Waals surface area contributed by atoms with Crippen LogP contribution in [0, 0.1) is 0 Å². The number of thiophene rings is 1. The highest BCUT2D eigenvalue weighted by Crippen LogP contribution is 2.47. The van der Waals surface area contributed by atoms with Crippen LogP contribution in [0.15, 0.2) is 229 Å². The van der Waals surface area contributed by atoms with Crippen molar-refractivity contribution in [2.45, 2.75) is 0 Å². The first-order valence-corrected chi connectivity index (χ1v) is 21.6. The van der Waals surface area contributed by atoms with Crippen molar-refractivity contribution < 1.29 is 4.42 Å². The lowest BCUT2D eigenvalue weighted by atomic mass is 9.91.